The third-order valence-electron chi connectivity index (χ3n) is 4.38. The molecule has 4 N–H and O–H groups in total. The van der Waals surface area contributed by atoms with E-state index < -0.39 is 17.2 Å². The van der Waals surface area contributed by atoms with Crippen LogP contribution in [0.3, 0.4) is 0 Å². The Labute approximate surface area is 169 Å². The number of rotatable bonds is 7. The minimum absolute atomic E-state index is 0.0711. The van der Waals surface area contributed by atoms with Crippen LogP contribution in [-0.2, 0) is 9.53 Å². The van der Waals surface area contributed by atoms with E-state index in [-0.39, 0.29) is 5.91 Å². The fourth-order valence-electron chi connectivity index (χ4n) is 2.99. The van der Waals surface area contributed by atoms with Gasteiger partial charge in [-0.3, -0.25) is 9.79 Å². The minimum atomic E-state index is -0.538. The molecule has 8 nitrogen and oxygen atoms in total. The van der Waals surface area contributed by atoms with Gasteiger partial charge in [-0.1, -0.05) is 19.3 Å². The van der Waals surface area contributed by atoms with E-state index in [2.05, 4.69) is 26.3 Å². The van der Waals surface area contributed by atoms with Crippen molar-refractivity contribution in [3.8, 4) is 0 Å². The first-order valence-corrected chi connectivity index (χ1v) is 10.3. The molecule has 0 aromatic rings. The van der Waals surface area contributed by atoms with Crippen molar-refractivity contribution < 1.29 is 14.3 Å². The van der Waals surface area contributed by atoms with Gasteiger partial charge in [0.25, 0.3) is 0 Å². The molecule has 0 unspecified atom stereocenters. The Bertz CT molecular complexity index is 534. The van der Waals surface area contributed by atoms with Crippen LogP contribution in [0.2, 0.25) is 0 Å². The van der Waals surface area contributed by atoms with Crippen molar-refractivity contribution in [1.82, 2.24) is 21.3 Å². The lowest BCUT2D eigenvalue weighted by molar-refractivity contribution is -0.121. The third kappa shape index (κ3) is 11.0. The van der Waals surface area contributed by atoms with Gasteiger partial charge in [-0.05, 0) is 47.5 Å². The SMILES string of the molecule is CN=C(NCCC(=O)NC1CCCCC1)NCC(C)(C)NC(=O)OC(C)(C)C. The van der Waals surface area contributed by atoms with E-state index in [9.17, 15) is 9.59 Å². The molecule has 1 aliphatic carbocycles. The fraction of sp³-hybridized carbons (Fsp3) is 0.850. The lowest BCUT2D eigenvalue weighted by Crippen LogP contribution is -2.54. The van der Waals surface area contributed by atoms with Crippen molar-refractivity contribution in [1.29, 1.82) is 0 Å². The van der Waals surface area contributed by atoms with Crippen LogP contribution >= 0.6 is 0 Å². The van der Waals surface area contributed by atoms with Gasteiger partial charge in [-0.2, -0.15) is 0 Å². The predicted molar refractivity (Wildman–Crippen MR) is 112 cm³/mol. The molecule has 0 aliphatic heterocycles. The molecule has 0 saturated heterocycles. The highest BCUT2D eigenvalue weighted by molar-refractivity contribution is 5.81. The summed E-state index contributed by atoms with van der Waals surface area (Å²) in [7, 11) is 1.67. The molecule has 0 bridgehead atoms. The molecule has 1 fully saturated rings. The topological polar surface area (TPSA) is 104 Å². The van der Waals surface area contributed by atoms with Crippen molar-refractivity contribution in [2.24, 2.45) is 4.99 Å². The summed E-state index contributed by atoms with van der Waals surface area (Å²) < 4.78 is 5.29. The molecule has 8 heteroatoms. The first-order chi connectivity index (χ1) is 13.0. The van der Waals surface area contributed by atoms with Crippen LogP contribution in [0.5, 0.6) is 0 Å². The maximum atomic E-state index is 12.1. The van der Waals surface area contributed by atoms with Gasteiger partial charge in [0.05, 0.1) is 5.54 Å². The van der Waals surface area contributed by atoms with Gasteiger partial charge in [0, 0.05) is 32.6 Å². The minimum Gasteiger partial charge on any atom is -0.444 e. The number of ether oxygens (including phenoxy) is 1. The Hall–Kier alpha value is -1.99. The van der Waals surface area contributed by atoms with Crippen LogP contribution in [0.15, 0.2) is 4.99 Å². The largest absolute Gasteiger partial charge is 0.444 e. The first kappa shape index (κ1) is 24.0. The van der Waals surface area contributed by atoms with E-state index in [1.165, 1.54) is 19.3 Å². The van der Waals surface area contributed by atoms with Crippen LogP contribution in [0.4, 0.5) is 4.79 Å². The summed E-state index contributed by atoms with van der Waals surface area (Å²) in [6.07, 6.45) is 5.79. The number of hydrogen-bond donors (Lipinski definition) is 4. The van der Waals surface area contributed by atoms with Crippen molar-refractivity contribution in [2.45, 2.75) is 90.3 Å². The number of aliphatic imine (C=N–C) groups is 1. The van der Waals surface area contributed by atoms with Crippen LogP contribution in [-0.4, -0.2) is 55.3 Å². The number of carbonyl (C=O) groups is 2. The van der Waals surface area contributed by atoms with Crippen molar-refractivity contribution in [3.63, 3.8) is 0 Å². The molecular formula is C20H39N5O3. The maximum Gasteiger partial charge on any atom is 0.408 e. The molecule has 0 aromatic carbocycles. The summed E-state index contributed by atoms with van der Waals surface area (Å²) in [5.41, 5.74) is -1.07. The molecule has 2 amide bonds. The molecule has 1 aliphatic rings. The zero-order chi connectivity index (χ0) is 21.2. The monoisotopic (exact) mass is 397 g/mol. The Kier molecular flexibility index (Phi) is 9.55. The van der Waals surface area contributed by atoms with Crippen molar-refractivity contribution in [2.75, 3.05) is 20.1 Å². The second kappa shape index (κ2) is 11.1. The van der Waals surface area contributed by atoms with Crippen LogP contribution < -0.4 is 21.3 Å². The summed E-state index contributed by atoms with van der Waals surface area (Å²) in [6, 6.07) is 0.332. The normalized spacial score (nSPS) is 16.3. The summed E-state index contributed by atoms with van der Waals surface area (Å²) >= 11 is 0. The fourth-order valence-corrected chi connectivity index (χ4v) is 2.99. The second-order valence-electron chi connectivity index (χ2n) is 9.02. The van der Waals surface area contributed by atoms with Gasteiger partial charge in [-0.25, -0.2) is 4.79 Å². The number of hydrogen-bond acceptors (Lipinski definition) is 4. The summed E-state index contributed by atoms with van der Waals surface area (Å²) in [4.78, 5) is 28.2. The van der Waals surface area contributed by atoms with E-state index >= 15 is 0 Å². The summed E-state index contributed by atoms with van der Waals surface area (Å²) in [5.74, 6) is 0.659. The number of nitrogens with one attached hydrogen (secondary N) is 4. The molecule has 162 valence electrons. The average Bonchev–Trinajstić information content (AvgIpc) is 2.56. The number of guanidine groups is 1. The van der Waals surface area contributed by atoms with E-state index in [4.69, 9.17) is 4.74 Å². The molecule has 28 heavy (non-hydrogen) atoms. The molecular weight excluding hydrogens is 358 g/mol. The second-order valence-corrected chi connectivity index (χ2v) is 9.02. The van der Waals surface area contributed by atoms with Gasteiger partial charge in [0.2, 0.25) is 5.91 Å². The van der Waals surface area contributed by atoms with Crippen LogP contribution in [0, 0.1) is 0 Å². The average molecular weight is 398 g/mol. The lowest BCUT2D eigenvalue weighted by Gasteiger charge is -2.29. The third-order valence-corrected chi connectivity index (χ3v) is 4.38. The quantitative estimate of drug-likeness (QED) is 0.390. The van der Waals surface area contributed by atoms with Gasteiger partial charge in [0.15, 0.2) is 5.96 Å². The Balaban J connectivity index is 2.29. The molecule has 0 radical (unpaired) electrons. The molecule has 1 saturated carbocycles. The van der Waals surface area contributed by atoms with Gasteiger partial charge in [-0.15, -0.1) is 0 Å². The molecule has 0 heterocycles. The van der Waals surface area contributed by atoms with Crippen LogP contribution in [0.25, 0.3) is 0 Å². The van der Waals surface area contributed by atoms with Crippen molar-refractivity contribution in [3.05, 3.63) is 0 Å². The molecule has 0 aromatic heterocycles. The Morgan fingerprint density at radius 1 is 1.04 bits per heavy atom. The van der Waals surface area contributed by atoms with E-state index in [1.54, 1.807) is 7.05 Å². The maximum absolute atomic E-state index is 12.1. The zero-order valence-corrected chi connectivity index (χ0v) is 18.4. The predicted octanol–water partition coefficient (Wildman–Crippen LogP) is 2.29. The Morgan fingerprint density at radius 3 is 2.25 bits per heavy atom. The van der Waals surface area contributed by atoms with Gasteiger partial charge >= 0.3 is 6.09 Å². The van der Waals surface area contributed by atoms with Crippen molar-refractivity contribution >= 4 is 18.0 Å². The lowest BCUT2D eigenvalue weighted by atomic mass is 9.95. The molecule has 1 rings (SSSR count). The number of carbonyl (C=O) groups excluding carboxylic acids is 2. The zero-order valence-electron chi connectivity index (χ0n) is 18.4. The van der Waals surface area contributed by atoms with E-state index in [0.717, 1.165) is 12.8 Å². The summed E-state index contributed by atoms with van der Waals surface area (Å²) in [6.45, 7) is 10.2. The highest BCUT2D eigenvalue weighted by Gasteiger charge is 2.24. The van der Waals surface area contributed by atoms with E-state index in [1.807, 2.05) is 34.6 Å². The smallest absolute Gasteiger partial charge is 0.408 e. The summed E-state index contributed by atoms with van der Waals surface area (Å²) in [5, 5.41) is 12.3. The number of nitrogens with zero attached hydrogens (tertiary/aromatic N) is 1. The molecule has 0 spiro atoms. The highest BCUT2D eigenvalue weighted by atomic mass is 16.6. The number of alkyl carbamates (subject to hydrolysis) is 1. The van der Waals surface area contributed by atoms with Gasteiger partial charge < -0.3 is 26.0 Å². The molecule has 0 atom stereocenters. The Morgan fingerprint density at radius 2 is 1.68 bits per heavy atom. The number of amides is 2. The van der Waals surface area contributed by atoms with Gasteiger partial charge in [0.1, 0.15) is 5.60 Å². The van der Waals surface area contributed by atoms with E-state index in [0.29, 0.717) is 31.5 Å². The first-order valence-electron chi connectivity index (χ1n) is 10.3. The highest BCUT2D eigenvalue weighted by Crippen LogP contribution is 2.17. The standard InChI is InChI=1S/C20H39N5O3/c1-19(2,3)28-18(27)25-20(4,5)14-23-17(21-6)22-13-12-16(26)24-15-10-8-7-9-11-15/h15H,7-14H2,1-6H3,(H,24,26)(H,25,27)(H2,21,22,23). The van der Waals surface area contributed by atoms with Crippen LogP contribution in [0.1, 0.15) is 73.1 Å².